The third-order valence-electron chi connectivity index (χ3n) is 3.64. The first-order chi connectivity index (χ1) is 11.5. The topological polar surface area (TPSA) is 37.4 Å². The Balaban J connectivity index is 2.29. The lowest BCUT2D eigenvalue weighted by atomic mass is 10.2. The fourth-order valence-electron chi connectivity index (χ4n) is 2.28. The van der Waals surface area contributed by atoms with E-state index in [0.717, 1.165) is 17.5 Å². The summed E-state index contributed by atoms with van der Waals surface area (Å²) in [5.41, 5.74) is 2.00. The van der Waals surface area contributed by atoms with Crippen LogP contribution in [0, 0.1) is 6.92 Å². The molecule has 0 N–H and O–H groups in total. The van der Waals surface area contributed by atoms with Gasteiger partial charge in [-0.15, -0.1) is 6.58 Å². The summed E-state index contributed by atoms with van der Waals surface area (Å²) in [5.74, 6) is 0. The van der Waals surface area contributed by atoms with Crippen LogP contribution in [0.5, 0.6) is 0 Å². The second kappa shape index (κ2) is 8.62. The Bertz CT molecular complexity index is 778. The van der Waals surface area contributed by atoms with Gasteiger partial charge in [-0.1, -0.05) is 66.3 Å². The molecule has 2 aromatic carbocycles. The normalized spacial score (nSPS) is 11.9. The van der Waals surface area contributed by atoms with Crippen molar-refractivity contribution in [2.24, 2.45) is 0 Å². The molecule has 0 aliphatic rings. The molecule has 3 nitrogen and oxygen atoms in total. The van der Waals surface area contributed by atoms with E-state index in [1.54, 1.807) is 18.2 Å². The zero-order valence-corrected chi connectivity index (χ0v) is 14.7. The molecule has 2 aromatic rings. The van der Waals surface area contributed by atoms with Gasteiger partial charge in [0, 0.05) is 13.1 Å². The monoisotopic (exact) mass is 341 g/mol. The average Bonchev–Trinajstić information content (AvgIpc) is 2.59. The summed E-state index contributed by atoms with van der Waals surface area (Å²) in [6.45, 7) is 6.28. The number of benzene rings is 2. The van der Waals surface area contributed by atoms with E-state index in [1.165, 1.54) is 4.31 Å². The van der Waals surface area contributed by atoms with Crippen LogP contribution in [0.4, 0.5) is 0 Å². The molecule has 0 amide bonds. The SMILES string of the molecule is C=CC/C=C/CN(Cc1ccccc1)S(=O)(=O)c1ccc(C)cc1. The maximum Gasteiger partial charge on any atom is 0.243 e. The van der Waals surface area contributed by atoms with Gasteiger partial charge in [-0.05, 0) is 31.0 Å². The first kappa shape index (κ1) is 18.2. The van der Waals surface area contributed by atoms with E-state index in [0.29, 0.717) is 18.0 Å². The molecule has 0 aliphatic heterocycles. The van der Waals surface area contributed by atoms with Crippen molar-refractivity contribution in [2.45, 2.75) is 24.8 Å². The highest BCUT2D eigenvalue weighted by molar-refractivity contribution is 7.89. The van der Waals surface area contributed by atoms with Gasteiger partial charge in [-0.3, -0.25) is 0 Å². The van der Waals surface area contributed by atoms with Crippen molar-refractivity contribution in [1.29, 1.82) is 0 Å². The molecule has 2 rings (SSSR count). The minimum absolute atomic E-state index is 0.321. The van der Waals surface area contributed by atoms with Gasteiger partial charge in [-0.2, -0.15) is 4.31 Å². The van der Waals surface area contributed by atoms with Gasteiger partial charge in [0.2, 0.25) is 10.0 Å². The highest BCUT2D eigenvalue weighted by atomic mass is 32.2. The van der Waals surface area contributed by atoms with E-state index in [9.17, 15) is 8.42 Å². The van der Waals surface area contributed by atoms with E-state index in [2.05, 4.69) is 6.58 Å². The van der Waals surface area contributed by atoms with Crippen LogP contribution in [0.1, 0.15) is 17.5 Å². The largest absolute Gasteiger partial charge is 0.243 e. The van der Waals surface area contributed by atoms with Gasteiger partial charge in [0.05, 0.1) is 4.90 Å². The quantitative estimate of drug-likeness (QED) is 0.671. The fraction of sp³-hybridized carbons (Fsp3) is 0.200. The van der Waals surface area contributed by atoms with Crippen LogP contribution in [0.25, 0.3) is 0 Å². The predicted octanol–water partition coefficient (Wildman–Crippen LogP) is 4.32. The van der Waals surface area contributed by atoms with Crippen LogP contribution in [0.3, 0.4) is 0 Å². The summed E-state index contributed by atoms with van der Waals surface area (Å²) in [5, 5.41) is 0. The molecular weight excluding hydrogens is 318 g/mol. The molecule has 0 saturated carbocycles. The zero-order chi connectivity index (χ0) is 17.4. The van der Waals surface area contributed by atoms with E-state index in [-0.39, 0.29) is 0 Å². The van der Waals surface area contributed by atoms with Crippen LogP contribution in [-0.2, 0) is 16.6 Å². The Morgan fingerprint density at radius 3 is 2.29 bits per heavy atom. The summed E-state index contributed by atoms with van der Waals surface area (Å²) < 4.78 is 27.5. The highest BCUT2D eigenvalue weighted by Crippen LogP contribution is 2.19. The molecule has 0 spiro atoms. The predicted molar refractivity (Wildman–Crippen MR) is 99.2 cm³/mol. The minimum Gasteiger partial charge on any atom is -0.207 e. The average molecular weight is 341 g/mol. The number of rotatable bonds is 8. The summed E-state index contributed by atoms with van der Waals surface area (Å²) in [6.07, 6.45) is 6.31. The van der Waals surface area contributed by atoms with Crippen molar-refractivity contribution in [3.63, 3.8) is 0 Å². The lowest BCUT2D eigenvalue weighted by molar-refractivity contribution is 0.438. The molecule has 0 saturated heterocycles. The van der Waals surface area contributed by atoms with Gasteiger partial charge < -0.3 is 0 Å². The summed E-state index contributed by atoms with van der Waals surface area (Å²) >= 11 is 0. The smallest absolute Gasteiger partial charge is 0.207 e. The molecule has 0 heterocycles. The first-order valence-electron chi connectivity index (χ1n) is 7.90. The Hall–Kier alpha value is -2.17. The summed E-state index contributed by atoms with van der Waals surface area (Å²) in [6, 6.07) is 16.6. The lowest BCUT2D eigenvalue weighted by Crippen LogP contribution is -2.30. The zero-order valence-electron chi connectivity index (χ0n) is 13.9. The number of allylic oxidation sites excluding steroid dienone is 2. The van der Waals surface area contributed by atoms with E-state index >= 15 is 0 Å². The molecule has 0 bridgehead atoms. The van der Waals surface area contributed by atoms with E-state index < -0.39 is 10.0 Å². The van der Waals surface area contributed by atoms with Gasteiger partial charge in [0.1, 0.15) is 0 Å². The van der Waals surface area contributed by atoms with Crippen molar-refractivity contribution >= 4 is 10.0 Å². The number of aryl methyl sites for hydroxylation is 1. The molecule has 0 aliphatic carbocycles. The number of hydrogen-bond acceptors (Lipinski definition) is 2. The van der Waals surface area contributed by atoms with E-state index in [1.807, 2.05) is 61.5 Å². The minimum atomic E-state index is -3.55. The van der Waals surface area contributed by atoms with Crippen molar-refractivity contribution in [3.8, 4) is 0 Å². The standard InChI is InChI=1S/C20H23NO2S/c1-3-4-5-9-16-21(17-19-10-7-6-8-11-19)24(22,23)20-14-12-18(2)13-15-20/h3,5-15H,1,4,16-17H2,2H3/b9-5+. The van der Waals surface area contributed by atoms with Gasteiger partial charge in [0.25, 0.3) is 0 Å². The summed E-state index contributed by atoms with van der Waals surface area (Å²) in [7, 11) is -3.55. The molecular formula is C20H23NO2S. The molecule has 4 heteroatoms. The van der Waals surface area contributed by atoms with Crippen LogP contribution in [0.15, 0.2) is 84.3 Å². The van der Waals surface area contributed by atoms with Crippen LogP contribution >= 0.6 is 0 Å². The Morgan fingerprint density at radius 2 is 1.67 bits per heavy atom. The first-order valence-corrected chi connectivity index (χ1v) is 9.34. The van der Waals surface area contributed by atoms with Crippen molar-refractivity contribution in [2.75, 3.05) is 6.54 Å². The van der Waals surface area contributed by atoms with Crippen molar-refractivity contribution in [1.82, 2.24) is 4.31 Å². The second-order valence-electron chi connectivity index (χ2n) is 5.59. The third kappa shape index (κ3) is 4.91. The fourth-order valence-corrected chi connectivity index (χ4v) is 3.66. The third-order valence-corrected chi connectivity index (χ3v) is 5.46. The molecule has 126 valence electrons. The summed E-state index contributed by atoms with van der Waals surface area (Å²) in [4.78, 5) is 0.321. The lowest BCUT2D eigenvalue weighted by Gasteiger charge is -2.21. The second-order valence-corrected chi connectivity index (χ2v) is 7.53. The maximum absolute atomic E-state index is 13.0. The Labute approximate surface area is 145 Å². The van der Waals surface area contributed by atoms with Crippen LogP contribution < -0.4 is 0 Å². The van der Waals surface area contributed by atoms with Crippen molar-refractivity contribution in [3.05, 3.63) is 90.5 Å². The number of nitrogens with zero attached hydrogens (tertiary/aromatic N) is 1. The Kier molecular flexibility index (Phi) is 6.53. The maximum atomic E-state index is 13.0. The molecule has 0 atom stereocenters. The van der Waals surface area contributed by atoms with Crippen molar-refractivity contribution < 1.29 is 8.42 Å². The highest BCUT2D eigenvalue weighted by Gasteiger charge is 2.23. The number of sulfonamides is 1. The Morgan fingerprint density at radius 1 is 1.00 bits per heavy atom. The molecule has 0 unspecified atom stereocenters. The molecule has 24 heavy (non-hydrogen) atoms. The number of hydrogen-bond donors (Lipinski definition) is 0. The van der Waals surface area contributed by atoms with Gasteiger partial charge >= 0.3 is 0 Å². The van der Waals surface area contributed by atoms with Gasteiger partial charge in [-0.25, -0.2) is 8.42 Å². The molecule has 0 aromatic heterocycles. The van der Waals surface area contributed by atoms with Crippen LogP contribution in [0.2, 0.25) is 0 Å². The van der Waals surface area contributed by atoms with Gasteiger partial charge in [0.15, 0.2) is 0 Å². The molecule has 0 radical (unpaired) electrons. The van der Waals surface area contributed by atoms with E-state index in [4.69, 9.17) is 0 Å². The van der Waals surface area contributed by atoms with Crippen LogP contribution in [-0.4, -0.2) is 19.3 Å². The molecule has 0 fully saturated rings.